The van der Waals surface area contributed by atoms with E-state index in [1.165, 1.54) is 11.9 Å². The second-order valence-electron chi connectivity index (χ2n) is 6.69. The fourth-order valence-corrected chi connectivity index (χ4v) is 4.50. The molecule has 0 fully saturated rings. The standard InChI is InChI=1S/C20H23BrIN3O4S/c1-14(20(27)23-2)24(12-15-5-4-6-16(21)11-15)19(26)13-25(30(3,28)29)18-9-7-17(22)8-10-18/h4-11,14H,12-13H2,1-3H3,(H,23,27)/t14-/m1/s1. The summed E-state index contributed by atoms with van der Waals surface area (Å²) in [7, 11) is -2.22. The van der Waals surface area contributed by atoms with Crippen LogP contribution in [0.25, 0.3) is 0 Å². The smallest absolute Gasteiger partial charge is 0.244 e. The summed E-state index contributed by atoms with van der Waals surface area (Å²) in [6.07, 6.45) is 1.05. The first-order chi connectivity index (χ1) is 14.0. The first-order valence-electron chi connectivity index (χ1n) is 9.01. The number of hydrogen-bond donors (Lipinski definition) is 1. The average Bonchev–Trinajstić information content (AvgIpc) is 2.69. The Morgan fingerprint density at radius 3 is 2.33 bits per heavy atom. The summed E-state index contributed by atoms with van der Waals surface area (Å²) in [4.78, 5) is 26.9. The van der Waals surface area contributed by atoms with Gasteiger partial charge >= 0.3 is 0 Å². The number of amides is 2. The molecule has 0 saturated carbocycles. The van der Waals surface area contributed by atoms with Gasteiger partial charge in [-0.25, -0.2) is 8.42 Å². The summed E-state index contributed by atoms with van der Waals surface area (Å²) < 4.78 is 27.7. The molecule has 0 aliphatic rings. The number of sulfonamides is 1. The highest BCUT2D eigenvalue weighted by Crippen LogP contribution is 2.21. The Balaban J connectivity index is 2.36. The zero-order valence-corrected chi connectivity index (χ0v) is 21.4. The minimum absolute atomic E-state index is 0.164. The van der Waals surface area contributed by atoms with E-state index in [4.69, 9.17) is 0 Å². The molecule has 2 aromatic carbocycles. The Morgan fingerprint density at radius 2 is 1.80 bits per heavy atom. The fourth-order valence-electron chi connectivity index (χ4n) is 2.84. The predicted molar refractivity (Wildman–Crippen MR) is 130 cm³/mol. The second-order valence-corrected chi connectivity index (χ2v) is 10.8. The molecule has 0 unspecified atom stereocenters. The zero-order chi connectivity index (χ0) is 22.5. The van der Waals surface area contributed by atoms with Gasteiger partial charge in [-0.2, -0.15) is 0 Å². The van der Waals surface area contributed by atoms with E-state index in [9.17, 15) is 18.0 Å². The minimum Gasteiger partial charge on any atom is -0.357 e. The quantitative estimate of drug-likeness (QED) is 0.468. The molecular formula is C20H23BrIN3O4S. The molecule has 0 radical (unpaired) electrons. The maximum atomic E-state index is 13.2. The van der Waals surface area contributed by atoms with Crippen LogP contribution in [0.15, 0.2) is 53.0 Å². The number of anilines is 1. The maximum absolute atomic E-state index is 13.2. The third-order valence-electron chi connectivity index (χ3n) is 4.45. The molecular weight excluding hydrogens is 585 g/mol. The molecule has 30 heavy (non-hydrogen) atoms. The molecule has 0 saturated heterocycles. The molecule has 0 spiro atoms. The van der Waals surface area contributed by atoms with Crippen molar-refractivity contribution in [3.63, 3.8) is 0 Å². The van der Waals surface area contributed by atoms with Gasteiger partial charge in [-0.15, -0.1) is 0 Å². The lowest BCUT2D eigenvalue weighted by Gasteiger charge is -2.31. The molecule has 7 nitrogen and oxygen atoms in total. The van der Waals surface area contributed by atoms with Gasteiger partial charge in [-0.3, -0.25) is 13.9 Å². The summed E-state index contributed by atoms with van der Waals surface area (Å²) in [6.45, 7) is 1.37. The van der Waals surface area contributed by atoms with Crippen LogP contribution in [-0.4, -0.2) is 51.0 Å². The van der Waals surface area contributed by atoms with E-state index in [-0.39, 0.29) is 12.5 Å². The molecule has 10 heteroatoms. The van der Waals surface area contributed by atoms with Crippen molar-refractivity contribution >= 4 is 66.0 Å². The van der Waals surface area contributed by atoms with Crippen molar-refractivity contribution in [2.75, 3.05) is 24.2 Å². The molecule has 0 heterocycles. The van der Waals surface area contributed by atoms with Crippen LogP contribution in [0.2, 0.25) is 0 Å². The third kappa shape index (κ3) is 6.67. The van der Waals surface area contributed by atoms with Gasteiger partial charge in [0.15, 0.2) is 0 Å². The van der Waals surface area contributed by atoms with Crippen LogP contribution in [0.5, 0.6) is 0 Å². The fraction of sp³-hybridized carbons (Fsp3) is 0.300. The number of likely N-dealkylation sites (N-methyl/N-ethyl adjacent to an activating group) is 1. The molecule has 1 N–H and O–H groups in total. The maximum Gasteiger partial charge on any atom is 0.244 e. The van der Waals surface area contributed by atoms with Gasteiger partial charge in [0.25, 0.3) is 0 Å². The molecule has 0 bridgehead atoms. The summed E-state index contributed by atoms with van der Waals surface area (Å²) in [6, 6.07) is 13.4. The van der Waals surface area contributed by atoms with E-state index < -0.39 is 28.5 Å². The van der Waals surface area contributed by atoms with Gasteiger partial charge in [0.1, 0.15) is 12.6 Å². The zero-order valence-electron chi connectivity index (χ0n) is 16.8. The Labute approximate surface area is 199 Å². The Morgan fingerprint density at radius 1 is 1.17 bits per heavy atom. The summed E-state index contributed by atoms with van der Waals surface area (Å²) in [5.41, 5.74) is 1.20. The Kier molecular flexibility index (Phi) is 8.68. The van der Waals surface area contributed by atoms with E-state index in [1.807, 2.05) is 24.3 Å². The molecule has 2 rings (SSSR count). The molecule has 162 valence electrons. The molecule has 2 amide bonds. The minimum atomic E-state index is -3.72. The van der Waals surface area contributed by atoms with Crippen molar-refractivity contribution in [2.24, 2.45) is 0 Å². The summed E-state index contributed by atoms with van der Waals surface area (Å²) in [5, 5.41) is 2.54. The van der Waals surface area contributed by atoms with Crippen LogP contribution < -0.4 is 9.62 Å². The van der Waals surface area contributed by atoms with Crippen molar-refractivity contribution in [3.8, 4) is 0 Å². The number of benzene rings is 2. The molecule has 1 atom stereocenters. The van der Waals surface area contributed by atoms with Crippen LogP contribution in [0.3, 0.4) is 0 Å². The van der Waals surface area contributed by atoms with Crippen LogP contribution in [0, 0.1) is 3.57 Å². The predicted octanol–water partition coefficient (Wildman–Crippen LogP) is 2.98. The van der Waals surface area contributed by atoms with Gasteiger partial charge in [-0.1, -0.05) is 28.1 Å². The normalized spacial score (nSPS) is 12.2. The lowest BCUT2D eigenvalue weighted by atomic mass is 10.1. The average molecular weight is 608 g/mol. The van der Waals surface area contributed by atoms with Gasteiger partial charge in [0.05, 0.1) is 11.9 Å². The van der Waals surface area contributed by atoms with Crippen molar-refractivity contribution in [3.05, 3.63) is 62.1 Å². The number of carbonyl (C=O) groups excluding carboxylic acids is 2. The third-order valence-corrected chi connectivity index (χ3v) is 6.80. The van der Waals surface area contributed by atoms with E-state index in [2.05, 4.69) is 43.8 Å². The van der Waals surface area contributed by atoms with E-state index in [0.29, 0.717) is 5.69 Å². The highest BCUT2D eigenvalue weighted by atomic mass is 127. The van der Waals surface area contributed by atoms with E-state index in [0.717, 1.165) is 24.2 Å². The SMILES string of the molecule is CNC(=O)[C@@H](C)N(Cc1cccc(Br)c1)C(=O)CN(c1ccc(I)cc1)S(C)(=O)=O. The molecule has 0 aromatic heterocycles. The van der Waals surface area contributed by atoms with Crippen molar-refractivity contribution in [1.82, 2.24) is 10.2 Å². The van der Waals surface area contributed by atoms with Gasteiger partial charge in [0.2, 0.25) is 21.8 Å². The first-order valence-corrected chi connectivity index (χ1v) is 12.7. The largest absolute Gasteiger partial charge is 0.357 e. The van der Waals surface area contributed by atoms with E-state index in [1.54, 1.807) is 31.2 Å². The highest BCUT2D eigenvalue weighted by molar-refractivity contribution is 14.1. The van der Waals surface area contributed by atoms with Gasteiger partial charge in [-0.05, 0) is 71.5 Å². The molecule has 0 aliphatic heterocycles. The van der Waals surface area contributed by atoms with Crippen LogP contribution in [-0.2, 0) is 26.2 Å². The Hall–Kier alpha value is -1.66. The Bertz CT molecular complexity index is 1010. The second kappa shape index (κ2) is 10.6. The molecule has 0 aliphatic carbocycles. The monoisotopic (exact) mass is 607 g/mol. The van der Waals surface area contributed by atoms with Crippen LogP contribution >= 0.6 is 38.5 Å². The summed E-state index contributed by atoms with van der Waals surface area (Å²) in [5.74, 6) is -0.812. The number of halogens is 2. The number of hydrogen-bond acceptors (Lipinski definition) is 4. The lowest BCUT2D eigenvalue weighted by Crippen LogP contribution is -2.50. The molecule has 2 aromatic rings. The number of rotatable bonds is 8. The number of nitrogens with one attached hydrogen (secondary N) is 1. The van der Waals surface area contributed by atoms with Crippen molar-refractivity contribution < 1.29 is 18.0 Å². The van der Waals surface area contributed by atoms with Gasteiger partial charge in [0, 0.05) is 21.6 Å². The highest BCUT2D eigenvalue weighted by Gasteiger charge is 2.29. The van der Waals surface area contributed by atoms with Gasteiger partial charge < -0.3 is 10.2 Å². The topological polar surface area (TPSA) is 86.8 Å². The van der Waals surface area contributed by atoms with Crippen molar-refractivity contribution in [2.45, 2.75) is 19.5 Å². The van der Waals surface area contributed by atoms with Crippen LogP contribution in [0.1, 0.15) is 12.5 Å². The summed E-state index contributed by atoms with van der Waals surface area (Å²) >= 11 is 5.52. The first kappa shape index (κ1) is 24.6. The van der Waals surface area contributed by atoms with Crippen molar-refractivity contribution in [1.29, 1.82) is 0 Å². The van der Waals surface area contributed by atoms with E-state index >= 15 is 0 Å². The lowest BCUT2D eigenvalue weighted by molar-refractivity contribution is -0.139. The van der Waals surface area contributed by atoms with Crippen LogP contribution in [0.4, 0.5) is 5.69 Å². The number of carbonyl (C=O) groups is 2. The number of nitrogens with zero attached hydrogens (tertiary/aromatic N) is 2.